The molecule has 3 fully saturated rings. The van der Waals surface area contributed by atoms with Gasteiger partial charge in [-0.2, -0.15) is 0 Å². The highest BCUT2D eigenvalue weighted by Gasteiger charge is 2.56. The fraction of sp³-hybridized carbons (Fsp3) is 0.577. The Morgan fingerprint density at radius 3 is 2.77 bits per heavy atom. The standard InChI is InChI=1S/C26H34N2OS/c1-27(19-21-10-6-17-30-21)24-13-15-26-14-7-16-28(26)25(29)12-5-11-23(26)22(24)18-20-8-3-2-4-9-20/h2-4,6,8-10,17,22-24H,5,7,11-16,18-19H2,1H3/t22-,23+,24+,26-/m1/s1. The molecule has 1 spiro atoms. The van der Waals surface area contributed by atoms with Crippen LogP contribution in [0.4, 0.5) is 0 Å². The molecule has 1 amide bonds. The van der Waals surface area contributed by atoms with E-state index in [4.69, 9.17) is 0 Å². The second kappa shape index (κ2) is 8.47. The van der Waals surface area contributed by atoms with Crippen LogP contribution in [0.3, 0.4) is 0 Å². The Bertz CT molecular complexity index is 851. The van der Waals surface area contributed by atoms with Gasteiger partial charge in [0.15, 0.2) is 0 Å². The van der Waals surface area contributed by atoms with E-state index in [2.05, 4.69) is 64.7 Å². The Kier molecular flexibility index (Phi) is 5.72. The van der Waals surface area contributed by atoms with Crippen molar-refractivity contribution in [2.45, 2.75) is 69.5 Å². The summed E-state index contributed by atoms with van der Waals surface area (Å²) in [5, 5.41) is 2.19. The van der Waals surface area contributed by atoms with Gasteiger partial charge in [-0.1, -0.05) is 36.4 Å². The van der Waals surface area contributed by atoms with E-state index in [0.29, 0.717) is 23.8 Å². The van der Waals surface area contributed by atoms with E-state index in [1.807, 2.05) is 11.3 Å². The van der Waals surface area contributed by atoms with E-state index in [9.17, 15) is 4.79 Å². The molecule has 2 aliphatic heterocycles. The molecule has 1 saturated carbocycles. The molecule has 1 aromatic carbocycles. The van der Waals surface area contributed by atoms with Crippen LogP contribution in [0, 0.1) is 11.8 Å². The summed E-state index contributed by atoms with van der Waals surface area (Å²) >= 11 is 1.87. The summed E-state index contributed by atoms with van der Waals surface area (Å²) in [6, 6.07) is 16.1. The van der Waals surface area contributed by atoms with Crippen LogP contribution in [-0.4, -0.2) is 40.9 Å². The summed E-state index contributed by atoms with van der Waals surface area (Å²) in [6.07, 6.45) is 8.97. The summed E-state index contributed by atoms with van der Waals surface area (Å²) in [5.74, 6) is 1.66. The van der Waals surface area contributed by atoms with Gasteiger partial charge in [0.25, 0.3) is 0 Å². The van der Waals surface area contributed by atoms with Crippen molar-refractivity contribution in [3.05, 3.63) is 58.3 Å². The highest BCUT2D eigenvalue weighted by molar-refractivity contribution is 7.09. The average Bonchev–Trinajstić information content (AvgIpc) is 3.39. The molecule has 0 bridgehead atoms. The van der Waals surface area contributed by atoms with Gasteiger partial charge < -0.3 is 4.90 Å². The van der Waals surface area contributed by atoms with Gasteiger partial charge in [-0.05, 0) is 80.8 Å². The van der Waals surface area contributed by atoms with Crippen LogP contribution in [0.5, 0.6) is 0 Å². The third-order valence-electron chi connectivity index (χ3n) is 8.18. The molecule has 4 atom stereocenters. The van der Waals surface area contributed by atoms with Crippen LogP contribution in [0.15, 0.2) is 47.8 Å². The van der Waals surface area contributed by atoms with Gasteiger partial charge in [-0.25, -0.2) is 0 Å². The Balaban J connectivity index is 1.48. The van der Waals surface area contributed by atoms with Gasteiger partial charge in [-0.3, -0.25) is 9.69 Å². The fourth-order valence-corrected chi connectivity index (χ4v) is 7.72. The molecular formula is C26H34N2OS. The number of carbonyl (C=O) groups excluding carboxylic acids is 1. The first-order chi connectivity index (χ1) is 14.7. The van der Waals surface area contributed by atoms with E-state index < -0.39 is 0 Å². The van der Waals surface area contributed by atoms with Crippen molar-refractivity contribution >= 4 is 17.2 Å². The Labute approximate surface area is 185 Å². The van der Waals surface area contributed by atoms with Crippen molar-refractivity contribution in [1.82, 2.24) is 9.80 Å². The monoisotopic (exact) mass is 422 g/mol. The zero-order valence-electron chi connectivity index (χ0n) is 18.1. The molecule has 3 nitrogen and oxygen atoms in total. The lowest BCUT2D eigenvalue weighted by molar-refractivity contribution is -0.139. The molecule has 5 rings (SSSR count). The van der Waals surface area contributed by atoms with Crippen molar-refractivity contribution in [3.8, 4) is 0 Å². The molecule has 0 radical (unpaired) electrons. The number of rotatable bonds is 5. The third-order valence-corrected chi connectivity index (χ3v) is 9.04. The van der Waals surface area contributed by atoms with Crippen LogP contribution in [0.25, 0.3) is 0 Å². The van der Waals surface area contributed by atoms with Crippen LogP contribution >= 0.6 is 11.3 Å². The maximum absolute atomic E-state index is 13.0. The molecule has 0 unspecified atom stereocenters. The average molecular weight is 423 g/mol. The molecule has 2 aromatic rings. The zero-order valence-corrected chi connectivity index (χ0v) is 18.9. The lowest BCUT2D eigenvalue weighted by Crippen LogP contribution is -2.60. The van der Waals surface area contributed by atoms with Crippen molar-refractivity contribution < 1.29 is 4.79 Å². The number of amides is 1. The number of benzene rings is 1. The zero-order chi connectivity index (χ0) is 20.6. The van der Waals surface area contributed by atoms with Crippen LogP contribution < -0.4 is 0 Å². The van der Waals surface area contributed by atoms with Gasteiger partial charge in [-0.15, -0.1) is 11.3 Å². The van der Waals surface area contributed by atoms with Crippen molar-refractivity contribution in [3.63, 3.8) is 0 Å². The molecule has 3 heterocycles. The number of carbonyl (C=O) groups is 1. The van der Waals surface area contributed by atoms with Crippen LogP contribution in [-0.2, 0) is 17.8 Å². The predicted octanol–water partition coefficient (Wildman–Crippen LogP) is 5.36. The summed E-state index contributed by atoms with van der Waals surface area (Å²) in [4.78, 5) is 19.4. The minimum Gasteiger partial charge on any atom is -0.337 e. The van der Waals surface area contributed by atoms with Crippen LogP contribution in [0.2, 0.25) is 0 Å². The van der Waals surface area contributed by atoms with E-state index in [1.165, 1.54) is 42.5 Å². The molecule has 30 heavy (non-hydrogen) atoms. The molecular weight excluding hydrogens is 388 g/mol. The van der Waals surface area contributed by atoms with Crippen molar-refractivity contribution in [1.29, 1.82) is 0 Å². The summed E-state index contributed by atoms with van der Waals surface area (Å²) in [5.41, 5.74) is 1.59. The number of hydrogen-bond acceptors (Lipinski definition) is 3. The normalized spacial score (nSPS) is 31.5. The van der Waals surface area contributed by atoms with Crippen molar-refractivity contribution in [2.24, 2.45) is 11.8 Å². The molecule has 160 valence electrons. The molecule has 1 aromatic heterocycles. The van der Waals surface area contributed by atoms with E-state index in [0.717, 1.165) is 32.4 Å². The third kappa shape index (κ3) is 3.62. The quantitative estimate of drug-likeness (QED) is 0.647. The van der Waals surface area contributed by atoms with Crippen LogP contribution in [0.1, 0.15) is 55.4 Å². The lowest BCUT2D eigenvalue weighted by Gasteiger charge is -2.54. The Hall–Kier alpha value is -1.65. The van der Waals surface area contributed by atoms with Gasteiger partial charge in [0, 0.05) is 36.0 Å². The SMILES string of the molecule is CN(Cc1cccs1)[C@H]1CC[C@@]23CCCN2C(=O)CCC[C@H]3[C@H]1Cc1ccccc1. The molecule has 2 saturated heterocycles. The first-order valence-electron chi connectivity index (χ1n) is 11.7. The number of nitrogens with zero attached hydrogens (tertiary/aromatic N) is 2. The maximum Gasteiger partial charge on any atom is 0.223 e. The minimum absolute atomic E-state index is 0.132. The van der Waals surface area contributed by atoms with Crippen molar-refractivity contribution in [2.75, 3.05) is 13.6 Å². The van der Waals surface area contributed by atoms with Gasteiger partial charge in [0.2, 0.25) is 5.91 Å². The Morgan fingerprint density at radius 1 is 1.10 bits per heavy atom. The topological polar surface area (TPSA) is 23.6 Å². The van der Waals surface area contributed by atoms with E-state index in [-0.39, 0.29) is 5.54 Å². The summed E-state index contributed by atoms with van der Waals surface area (Å²) < 4.78 is 0. The predicted molar refractivity (Wildman–Crippen MR) is 123 cm³/mol. The summed E-state index contributed by atoms with van der Waals surface area (Å²) in [7, 11) is 2.33. The first kappa shape index (κ1) is 20.3. The number of hydrogen-bond donors (Lipinski definition) is 0. The van der Waals surface area contributed by atoms with E-state index >= 15 is 0 Å². The molecule has 1 aliphatic carbocycles. The van der Waals surface area contributed by atoms with Gasteiger partial charge in [0.05, 0.1) is 0 Å². The van der Waals surface area contributed by atoms with E-state index in [1.54, 1.807) is 0 Å². The molecule has 0 N–H and O–H groups in total. The fourth-order valence-electron chi connectivity index (χ4n) is 6.95. The second-order valence-corrected chi connectivity index (χ2v) is 10.7. The number of thiophene rings is 1. The minimum atomic E-state index is 0.132. The smallest absolute Gasteiger partial charge is 0.223 e. The highest BCUT2D eigenvalue weighted by Crippen LogP contribution is 2.53. The molecule has 4 heteroatoms. The van der Waals surface area contributed by atoms with Gasteiger partial charge >= 0.3 is 0 Å². The Morgan fingerprint density at radius 2 is 1.97 bits per heavy atom. The highest BCUT2D eigenvalue weighted by atomic mass is 32.1. The largest absolute Gasteiger partial charge is 0.337 e. The second-order valence-electron chi connectivity index (χ2n) is 9.71. The molecule has 3 aliphatic rings. The maximum atomic E-state index is 13.0. The lowest BCUT2D eigenvalue weighted by atomic mass is 9.60. The van der Waals surface area contributed by atoms with Gasteiger partial charge in [0.1, 0.15) is 0 Å². The summed E-state index contributed by atoms with van der Waals surface area (Å²) in [6.45, 7) is 2.03. The first-order valence-corrected chi connectivity index (χ1v) is 12.6.